The summed E-state index contributed by atoms with van der Waals surface area (Å²) in [7, 11) is 0. The first-order chi connectivity index (χ1) is 16.0. The molecule has 0 bridgehead atoms. The summed E-state index contributed by atoms with van der Waals surface area (Å²) in [5.41, 5.74) is 2.45. The number of para-hydroxylation sites is 3. The Morgan fingerprint density at radius 3 is 2.58 bits per heavy atom. The van der Waals surface area contributed by atoms with E-state index in [1.54, 1.807) is 23.6 Å². The van der Waals surface area contributed by atoms with Crippen LogP contribution >= 0.6 is 11.3 Å². The van der Waals surface area contributed by atoms with Crippen LogP contribution in [0.15, 0.2) is 60.0 Å². The lowest BCUT2D eigenvalue weighted by atomic mass is 10.1. The van der Waals surface area contributed by atoms with Crippen LogP contribution in [0.25, 0.3) is 6.08 Å². The van der Waals surface area contributed by atoms with Crippen molar-refractivity contribution in [1.29, 1.82) is 0 Å². The van der Waals surface area contributed by atoms with Crippen LogP contribution in [0.1, 0.15) is 31.9 Å². The molecule has 8 heteroatoms. The van der Waals surface area contributed by atoms with E-state index in [1.807, 2.05) is 24.3 Å². The highest BCUT2D eigenvalue weighted by Gasteiger charge is 2.20. The lowest BCUT2D eigenvalue weighted by Crippen LogP contribution is -2.30. The summed E-state index contributed by atoms with van der Waals surface area (Å²) in [6, 6.07) is 13.9. The van der Waals surface area contributed by atoms with Gasteiger partial charge in [0, 0.05) is 31.5 Å². The van der Waals surface area contributed by atoms with E-state index in [9.17, 15) is 14.0 Å². The van der Waals surface area contributed by atoms with Gasteiger partial charge in [0.25, 0.3) is 0 Å². The molecule has 1 N–H and O–H groups in total. The number of rotatable bonds is 6. The van der Waals surface area contributed by atoms with E-state index in [-0.39, 0.29) is 17.5 Å². The highest BCUT2D eigenvalue weighted by atomic mass is 32.1. The maximum Gasteiger partial charge on any atom is 0.248 e. The van der Waals surface area contributed by atoms with E-state index in [0.717, 1.165) is 37.3 Å². The maximum absolute atomic E-state index is 14.2. The van der Waals surface area contributed by atoms with Crippen molar-refractivity contribution in [2.75, 3.05) is 28.2 Å². The minimum Gasteiger partial charge on any atom is -0.370 e. The Morgan fingerprint density at radius 2 is 1.82 bits per heavy atom. The van der Waals surface area contributed by atoms with E-state index in [0.29, 0.717) is 10.8 Å². The Kier molecular flexibility index (Phi) is 7.14. The third kappa shape index (κ3) is 5.46. The van der Waals surface area contributed by atoms with Gasteiger partial charge >= 0.3 is 0 Å². The molecule has 6 nitrogen and oxygen atoms in total. The molecule has 0 saturated carbocycles. The van der Waals surface area contributed by atoms with Gasteiger partial charge in [-0.05, 0) is 49.6 Å². The summed E-state index contributed by atoms with van der Waals surface area (Å²) in [6.45, 7) is 3.33. The Morgan fingerprint density at radius 1 is 1.09 bits per heavy atom. The number of halogens is 1. The molecule has 1 aliphatic rings. The van der Waals surface area contributed by atoms with Crippen molar-refractivity contribution in [2.24, 2.45) is 0 Å². The molecule has 4 rings (SSSR count). The highest BCUT2D eigenvalue weighted by Crippen LogP contribution is 2.31. The predicted molar refractivity (Wildman–Crippen MR) is 132 cm³/mol. The average Bonchev–Trinajstić information content (AvgIpc) is 3.28. The Hall–Kier alpha value is -3.52. The molecule has 33 heavy (non-hydrogen) atoms. The highest BCUT2D eigenvalue weighted by molar-refractivity contribution is 7.14. The fourth-order valence-electron chi connectivity index (χ4n) is 3.82. The Labute approximate surface area is 196 Å². The number of carbonyl (C=O) groups excluding carboxylic acids is 2. The molecule has 1 saturated heterocycles. The van der Waals surface area contributed by atoms with Gasteiger partial charge in [-0.25, -0.2) is 9.37 Å². The third-order valence-corrected chi connectivity index (χ3v) is 6.22. The van der Waals surface area contributed by atoms with Crippen molar-refractivity contribution in [2.45, 2.75) is 26.2 Å². The van der Waals surface area contributed by atoms with Gasteiger partial charge in [-0.3, -0.25) is 14.5 Å². The number of hydrogen-bond acceptors (Lipinski definition) is 5. The van der Waals surface area contributed by atoms with E-state index in [2.05, 4.69) is 15.2 Å². The van der Waals surface area contributed by atoms with Crippen molar-refractivity contribution in [3.05, 3.63) is 71.5 Å². The lowest BCUT2D eigenvalue weighted by molar-refractivity contribution is -0.116. The van der Waals surface area contributed by atoms with Crippen molar-refractivity contribution >= 4 is 51.4 Å². The molecule has 3 aromatic rings. The minimum atomic E-state index is -0.508. The second kappa shape index (κ2) is 10.4. The van der Waals surface area contributed by atoms with Crippen LogP contribution in [0.4, 0.5) is 26.6 Å². The largest absolute Gasteiger partial charge is 0.370 e. The molecular weight excluding hydrogens is 439 g/mol. The van der Waals surface area contributed by atoms with Crippen molar-refractivity contribution in [3.63, 3.8) is 0 Å². The first-order valence-corrected chi connectivity index (χ1v) is 11.7. The predicted octanol–water partition coefficient (Wildman–Crippen LogP) is 5.61. The average molecular weight is 465 g/mol. The van der Waals surface area contributed by atoms with Gasteiger partial charge in [0.15, 0.2) is 5.13 Å². The zero-order valence-corrected chi connectivity index (χ0v) is 19.1. The number of carbonyl (C=O) groups is 2. The van der Waals surface area contributed by atoms with Gasteiger partial charge in [-0.15, -0.1) is 11.3 Å². The number of hydrogen-bond donors (Lipinski definition) is 1. The van der Waals surface area contributed by atoms with Crippen LogP contribution in [0, 0.1) is 5.82 Å². The molecular formula is C25H25FN4O2S. The normalized spacial score (nSPS) is 13.8. The molecule has 0 atom stereocenters. The van der Waals surface area contributed by atoms with Crippen LogP contribution in [-0.2, 0) is 9.59 Å². The fraction of sp³-hybridized carbons (Fsp3) is 0.240. The number of amides is 2. The number of nitrogens with zero attached hydrogens (tertiary/aromatic N) is 3. The van der Waals surface area contributed by atoms with Gasteiger partial charge < -0.3 is 10.2 Å². The molecule has 0 unspecified atom stereocenters. The SMILES string of the molecule is CC(=O)N(c1nc(C=CC(=O)Nc2ccccc2N2CCCCC2)cs1)c1ccccc1F. The second-order valence-corrected chi connectivity index (χ2v) is 8.58. The van der Waals surface area contributed by atoms with Crippen LogP contribution in [-0.4, -0.2) is 29.9 Å². The lowest BCUT2D eigenvalue weighted by Gasteiger charge is -2.30. The summed E-state index contributed by atoms with van der Waals surface area (Å²) < 4.78 is 14.2. The maximum atomic E-state index is 14.2. The summed E-state index contributed by atoms with van der Waals surface area (Å²) in [6.07, 6.45) is 6.53. The Balaban J connectivity index is 1.47. The van der Waals surface area contributed by atoms with Crippen LogP contribution in [0.2, 0.25) is 0 Å². The smallest absolute Gasteiger partial charge is 0.248 e. The van der Waals surface area contributed by atoms with Crippen molar-refractivity contribution in [1.82, 2.24) is 4.98 Å². The van der Waals surface area contributed by atoms with Crippen molar-refractivity contribution < 1.29 is 14.0 Å². The van der Waals surface area contributed by atoms with E-state index >= 15 is 0 Å². The van der Waals surface area contributed by atoms with Crippen LogP contribution < -0.4 is 15.1 Å². The molecule has 1 aliphatic heterocycles. The standard InChI is InChI=1S/C25H25FN4O2S/c1-18(31)30(22-11-5-3-9-20(22)26)25-27-19(17-33-25)13-14-24(32)28-21-10-4-6-12-23(21)29-15-7-2-8-16-29/h3-6,9-14,17H,2,7-8,15-16H2,1H3,(H,28,32). The van der Waals surface area contributed by atoms with Gasteiger partial charge in [0.05, 0.1) is 22.8 Å². The van der Waals surface area contributed by atoms with Crippen molar-refractivity contribution in [3.8, 4) is 0 Å². The van der Waals surface area contributed by atoms with Gasteiger partial charge in [-0.1, -0.05) is 24.3 Å². The summed E-state index contributed by atoms with van der Waals surface area (Å²) in [4.78, 5) is 32.7. The molecule has 2 aromatic carbocycles. The molecule has 170 valence electrons. The topological polar surface area (TPSA) is 65.5 Å². The van der Waals surface area contributed by atoms with E-state index < -0.39 is 5.82 Å². The molecule has 1 fully saturated rings. The summed E-state index contributed by atoms with van der Waals surface area (Å²) in [5, 5.41) is 5.01. The Bertz CT molecular complexity index is 1170. The first kappa shape index (κ1) is 22.7. The zero-order chi connectivity index (χ0) is 23.2. The van der Waals surface area contributed by atoms with Crippen LogP contribution in [0.5, 0.6) is 0 Å². The number of thiazole rings is 1. The molecule has 1 aromatic heterocycles. The first-order valence-electron chi connectivity index (χ1n) is 10.9. The number of aromatic nitrogens is 1. The third-order valence-electron chi connectivity index (χ3n) is 5.37. The second-order valence-electron chi connectivity index (χ2n) is 7.75. The molecule has 0 radical (unpaired) electrons. The van der Waals surface area contributed by atoms with Gasteiger partial charge in [0.2, 0.25) is 11.8 Å². The molecule has 2 heterocycles. The quantitative estimate of drug-likeness (QED) is 0.482. The monoisotopic (exact) mass is 464 g/mol. The summed E-state index contributed by atoms with van der Waals surface area (Å²) in [5.74, 6) is -1.13. The number of benzene rings is 2. The van der Waals surface area contributed by atoms with E-state index in [1.165, 1.54) is 47.8 Å². The van der Waals surface area contributed by atoms with E-state index in [4.69, 9.17) is 0 Å². The van der Waals surface area contributed by atoms with Gasteiger partial charge in [0.1, 0.15) is 5.82 Å². The number of piperidine rings is 1. The summed E-state index contributed by atoms with van der Waals surface area (Å²) >= 11 is 1.20. The fourth-order valence-corrected chi connectivity index (χ4v) is 4.67. The van der Waals surface area contributed by atoms with Crippen LogP contribution in [0.3, 0.4) is 0 Å². The number of nitrogens with one attached hydrogen (secondary N) is 1. The molecule has 0 aliphatic carbocycles. The number of anilines is 4. The van der Waals surface area contributed by atoms with Gasteiger partial charge in [-0.2, -0.15) is 0 Å². The zero-order valence-electron chi connectivity index (χ0n) is 18.3. The minimum absolute atomic E-state index is 0.141. The molecule has 0 spiro atoms. The molecule has 2 amide bonds.